The molecule has 2 heterocycles. The van der Waals surface area contributed by atoms with Crippen molar-refractivity contribution < 1.29 is 19.2 Å². The molecule has 0 aliphatic carbocycles. The number of benzene rings is 2. The molecule has 0 saturated carbocycles. The van der Waals surface area contributed by atoms with Crippen LogP contribution in [0.3, 0.4) is 0 Å². The molecule has 0 radical (unpaired) electrons. The number of imide groups is 2. The Morgan fingerprint density at radius 1 is 0.500 bits per heavy atom. The maximum atomic E-state index is 13.2. The van der Waals surface area contributed by atoms with Crippen molar-refractivity contribution in [3.8, 4) is 0 Å². The van der Waals surface area contributed by atoms with Crippen LogP contribution < -0.4 is 0 Å². The van der Waals surface area contributed by atoms with E-state index in [1.807, 2.05) is 41.5 Å². The zero-order valence-corrected chi connectivity index (χ0v) is 18.1. The van der Waals surface area contributed by atoms with Crippen molar-refractivity contribution in [2.75, 3.05) is 0 Å². The van der Waals surface area contributed by atoms with E-state index in [0.29, 0.717) is 33.0 Å². The van der Waals surface area contributed by atoms with Crippen molar-refractivity contribution in [2.24, 2.45) is 11.8 Å². The van der Waals surface area contributed by atoms with E-state index in [-0.39, 0.29) is 47.5 Å². The van der Waals surface area contributed by atoms with Crippen LogP contribution in [0.25, 0.3) is 10.8 Å². The second-order valence-electron chi connectivity index (χ2n) is 9.00. The smallest absolute Gasteiger partial charge is 0.261 e. The number of carbonyl (C=O) groups is 4. The lowest BCUT2D eigenvalue weighted by Gasteiger charge is -2.37. The summed E-state index contributed by atoms with van der Waals surface area (Å²) in [5.74, 6) is -1.32. The lowest BCUT2D eigenvalue weighted by atomic mass is 9.84. The standard InChI is InChI=1S/C24H26N2O4/c1-11(2)13(5)25-21(27)15-7-9-17-20-18(10-8-16(19(15)20)22(25)28)24(30)26(23(17)29)14(6)12(3)4/h7-14H,1-6H3. The van der Waals surface area contributed by atoms with E-state index in [2.05, 4.69) is 0 Å². The SMILES string of the molecule is CC(C)C(C)N1C(=O)c2ccc3c4c(ccc(c24)C1=O)C(=O)N(C(C)C(C)C)C3=O. The first kappa shape index (κ1) is 20.3. The number of carbonyl (C=O) groups excluding carboxylic acids is 4. The Bertz CT molecular complexity index is 972. The van der Waals surface area contributed by atoms with Gasteiger partial charge in [-0.1, -0.05) is 27.7 Å². The molecule has 0 spiro atoms. The number of hydrogen-bond acceptors (Lipinski definition) is 4. The quantitative estimate of drug-likeness (QED) is 0.716. The number of amides is 4. The number of hydrogen-bond donors (Lipinski definition) is 0. The first-order chi connectivity index (χ1) is 14.1. The van der Waals surface area contributed by atoms with Gasteiger partial charge in [-0.25, -0.2) is 0 Å². The highest BCUT2D eigenvalue weighted by Gasteiger charge is 2.42. The van der Waals surface area contributed by atoms with Crippen molar-refractivity contribution >= 4 is 34.4 Å². The van der Waals surface area contributed by atoms with Crippen molar-refractivity contribution in [3.05, 3.63) is 46.5 Å². The van der Waals surface area contributed by atoms with Gasteiger partial charge in [0.1, 0.15) is 0 Å². The fraction of sp³-hybridized carbons (Fsp3) is 0.417. The molecule has 2 unspecified atom stereocenters. The largest absolute Gasteiger partial charge is 0.271 e. The normalized spacial score (nSPS) is 18.1. The molecule has 2 aromatic carbocycles. The molecule has 0 saturated heterocycles. The molecule has 0 N–H and O–H groups in total. The molecule has 0 aromatic heterocycles. The van der Waals surface area contributed by atoms with Crippen LogP contribution in [0.5, 0.6) is 0 Å². The van der Waals surface area contributed by atoms with Gasteiger partial charge in [-0.2, -0.15) is 0 Å². The van der Waals surface area contributed by atoms with E-state index in [1.54, 1.807) is 24.3 Å². The van der Waals surface area contributed by atoms with E-state index < -0.39 is 0 Å². The van der Waals surface area contributed by atoms with Crippen LogP contribution in [-0.2, 0) is 0 Å². The summed E-state index contributed by atoms with van der Waals surface area (Å²) in [6.07, 6.45) is 0. The second kappa shape index (κ2) is 6.76. The first-order valence-corrected chi connectivity index (χ1v) is 10.4. The summed E-state index contributed by atoms with van der Waals surface area (Å²) < 4.78 is 0. The molecule has 6 nitrogen and oxygen atoms in total. The van der Waals surface area contributed by atoms with Gasteiger partial charge in [0, 0.05) is 45.1 Å². The molecule has 2 atom stereocenters. The Morgan fingerprint density at radius 2 is 0.733 bits per heavy atom. The van der Waals surface area contributed by atoms with Crippen LogP contribution in [-0.4, -0.2) is 45.5 Å². The predicted octanol–water partition coefficient (Wildman–Crippen LogP) is 4.12. The molecule has 4 rings (SSSR count). The topological polar surface area (TPSA) is 74.8 Å². The van der Waals surface area contributed by atoms with Gasteiger partial charge in [-0.05, 0) is 49.9 Å². The number of rotatable bonds is 4. The average Bonchev–Trinajstić information content (AvgIpc) is 2.70. The molecule has 0 fully saturated rings. The van der Waals surface area contributed by atoms with Crippen molar-refractivity contribution in [1.29, 1.82) is 0 Å². The van der Waals surface area contributed by atoms with E-state index in [0.717, 1.165) is 0 Å². The minimum absolute atomic E-state index is 0.0987. The van der Waals surface area contributed by atoms with Gasteiger partial charge < -0.3 is 0 Å². The molecule has 6 heteroatoms. The third-order valence-electron chi connectivity index (χ3n) is 6.70. The number of nitrogens with zero attached hydrogens (tertiary/aromatic N) is 2. The minimum Gasteiger partial charge on any atom is -0.271 e. The van der Waals surface area contributed by atoms with Crippen molar-refractivity contribution in [2.45, 2.75) is 53.6 Å². The summed E-state index contributed by atoms with van der Waals surface area (Å²) in [5.41, 5.74) is 1.46. The van der Waals surface area contributed by atoms with Crippen LogP contribution in [0.4, 0.5) is 0 Å². The van der Waals surface area contributed by atoms with Gasteiger partial charge in [0.25, 0.3) is 23.6 Å². The fourth-order valence-corrected chi connectivity index (χ4v) is 4.25. The Balaban J connectivity index is 1.97. The molecule has 2 aliphatic heterocycles. The van der Waals surface area contributed by atoms with E-state index >= 15 is 0 Å². The maximum Gasteiger partial charge on any atom is 0.261 e. The molecule has 156 valence electrons. The third kappa shape index (κ3) is 2.56. The van der Waals surface area contributed by atoms with Gasteiger partial charge in [0.05, 0.1) is 0 Å². The zero-order valence-electron chi connectivity index (χ0n) is 18.1. The van der Waals surface area contributed by atoms with E-state index in [4.69, 9.17) is 0 Å². The third-order valence-corrected chi connectivity index (χ3v) is 6.70. The summed E-state index contributed by atoms with van der Waals surface area (Å²) in [6.45, 7) is 11.6. The highest BCUT2D eigenvalue weighted by Crippen LogP contribution is 2.39. The summed E-state index contributed by atoms with van der Waals surface area (Å²) in [6, 6.07) is 5.92. The van der Waals surface area contributed by atoms with Gasteiger partial charge in [-0.15, -0.1) is 0 Å². The molecular weight excluding hydrogens is 380 g/mol. The van der Waals surface area contributed by atoms with Crippen LogP contribution in [0.15, 0.2) is 24.3 Å². The maximum absolute atomic E-state index is 13.2. The Morgan fingerprint density at radius 3 is 0.933 bits per heavy atom. The lowest BCUT2D eigenvalue weighted by molar-refractivity contribution is 0.0491. The van der Waals surface area contributed by atoms with Crippen LogP contribution in [0, 0.1) is 11.8 Å². The summed E-state index contributed by atoms with van der Waals surface area (Å²) in [7, 11) is 0. The van der Waals surface area contributed by atoms with Gasteiger partial charge in [-0.3, -0.25) is 29.0 Å². The molecule has 2 aliphatic rings. The van der Waals surface area contributed by atoms with Crippen LogP contribution in [0.2, 0.25) is 0 Å². The van der Waals surface area contributed by atoms with E-state index in [1.165, 1.54) is 9.80 Å². The van der Waals surface area contributed by atoms with Crippen molar-refractivity contribution in [1.82, 2.24) is 9.80 Å². The van der Waals surface area contributed by atoms with Crippen LogP contribution >= 0.6 is 0 Å². The first-order valence-electron chi connectivity index (χ1n) is 10.4. The molecule has 4 amide bonds. The second-order valence-corrected chi connectivity index (χ2v) is 9.00. The highest BCUT2D eigenvalue weighted by atomic mass is 16.2. The molecule has 30 heavy (non-hydrogen) atoms. The summed E-state index contributed by atoms with van der Waals surface area (Å²) >= 11 is 0. The minimum atomic E-state index is -0.379. The Labute approximate surface area is 175 Å². The van der Waals surface area contributed by atoms with Gasteiger partial charge in [0.2, 0.25) is 0 Å². The van der Waals surface area contributed by atoms with Gasteiger partial charge in [0.15, 0.2) is 0 Å². The summed E-state index contributed by atoms with van der Waals surface area (Å²) in [5, 5.41) is 0.844. The molecule has 0 bridgehead atoms. The van der Waals surface area contributed by atoms with E-state index in [9.17, 15) is 19.2 Å². The van der Waals surface area contributed by atoms with Gasteiger partial charge >= 0.3 is 0 Å². The van der Waals surface area contributed by atoms with Crippen LogP contribution in [0.1, 0.15) is 83.0 Å². The Kier molecular flexibility index (Phi) is 4.56. The summed E-state index contributed by atoms with van der Waals surface area (Å²) in [4.78, 5) is 55.5. The Hall–Kier alpha value is -3.02. The highest BCUT2D eigenvalue weighted by molar-refractivity contribution is 6.33. The lowest BCUT2D eigenvalue weighted by Crippen LogP contribution is -2.49. The fourth-order valence-electron chi connectivity index (χ4n) is 4.25. The average molecular weight is 406 g/mol. The molecular formula is C24H26N2O4. The predicted molar refractivity (Wildman–Crippen MR) is 114 cm³/mol. The molecule has 2 aromatic rings. The zero-order chi connectivity index (χ0) is 22.1. The monoisotopic (exact) mass is 406 g/mol. The van der Waals surface area contributed by atoms with Crippen molar-refractivity contribution in [3.63, 3.8) is 0 Å².